The Labute approximate surface area is 121 Å². The van der Waals surface area contributed by atoms with Gasteiger partial charge in [-0.3, -0.25) is 0 Å². The van der Waals surface area contributed by atoms with Crippen LogP contribution < -0.4 is 15.2 Å². The average molecular weight is 290 g/mol. The van der Waals surface area contributed by atoms with Crippen molar-refractivity contribution in [1.82, 2.24) is 0 Å². The molecule has 0 spiro atoms. The van der Waals surface area contributed by atoms with Crippen molar-refractivity contribution in [1.29, 1.82) is 0 Å². The van der Waals surface area contributed by atoms with Gasteiger partial charge in [-0.15, -0.1) is 0 Å². The molecule has 110 valence electrons. The Morgan fingerprint density at radius 3 is 2.62 bits per heavy atom. The van der Waals surface area contributed by atoms with Crippen molar-refractivity contribution < 1.29 is 19.1 Å². The van der Waals surface area contributed by atoms with Gasteiger partial charge in [0.1, 0.15) is 11.6 Å². The molecule has 0 heterocycles. The Balaban J connectivity index is 2.48. The zero-order valence-corrected chi connectivity index (χ0v) is 11.6. The van der Waals surface area contributed by atoms with E-state index in [-0.39, 0.29) is 17.1 Å². The number of hydrogen-bond donors (Lipinski definition) is 2. The van der Waals surface area contributed by atoms with E-state index in [9.17, 15) is 4.39 Å². The molecule has 0 atom stereocenters. The molecule has 0 saturated heterocycles. The normalized spacial score (nSPS) is 11.3. The molecule has 2 aromatic rings. The van der Waals surface area contributed by atoms with Crippen LogP contribution in [0.1, 0.15) is 11.1 Å². The Morgan fingerprint density at radius 1 is 1.19 bits per heavy atom. The zero-order valence-electron chi connectivity index (χ0n) is 11.6. The van der Waals surface area contributed by atoms with E-state index in [0.29, 0.717) is 11.5 Å². The smallest absolute Gasteiger partial charge is 0.176 e. The van der Waals surface area contributed by atoms with Gasteiger partial charge < -0.3 is 20.4 Å². The summed E-state index contributed by atoms with van der Waals surface area (Å²) in [6, 6.07) is 9.52. The van der Waals surface area contributed by atoms with Crippen LogP contribution in [-0.4, -0.2) is 18.2 Å². The number of rotatable bonds is 4. The fourth-order valence-electron chi connectivity index (χ4n) is 1.87. The second-order valence-electron chi connectivity index (χ2n) is 4.35. The monoisotopic (exact) mass is 290 g/mol. The number of hydrogen-bond acceptors (Lipinski definition) is 4. The molecular formula is C15H15FN2O3. The van der Waals surface area contributed by atoms with Gasteiger partial charge in [-0.2, -0.15) is 0 Å². The van der Waals surface area contributed by atoms with Crippen molar-refractivity contribution in [3.63, 3.8) is 0 Å². The highest BCUT2D eigenvalue weighted by Gasteiger charge is 2.16. The van der Waals surface area contributed by atoms with Crippen molar-refractivity contribution >= 4 is 5.84 Å². The van der Waals surface area contributed by atoms with Crippen molar-refractivity contribution in [2.45, 2.75) is 6.92 Å². The van der Waals surface area contributed by atoms with E-state index in [1.807, 2.05) is 13.0 Å². The van der Waals surface area contributed by atoms with Crippen LogP contribution >= 0.6 is 0 Å². The van der Waals surface area contributed by atoms with Crippen LogP contribution in [-0.2, 0) is 0 Å². The molecule has 2 aromatic carbocycles. The molecular weight excluding hydrogens is 275 g/mol. The van der Waals surface area contributed by atoms with E-state index in [4.69, 9.17) is 20.4 Å². The minimum absolute atomic E-state index is 0.109. The summed E-state index contributed by atoms with van der Waals surface area (Å²) in [6.07, 6.45) is 0. The molecule has 5 nitrogen and oxygen atoms in total. The fraction of sp³-hybridized carbons (Fsp3) is 0.133. The van der Waals surface area contributed by atoms with E-state index < -0.39 is 5.82 Å². The van der Waals surface area contributed by atoms with E-state index >= 15 is 0 Å². The molecule has 21 heavy (non-hydrogen) atoms. The highest BCUT2D eigenvalue weighted by Crippen LogP contribution is 2.34. The highest BCUT2D eigenvalue weighted by molar-refractivity contribution is 5.99. The maximum absolute atomic E-state index is 13.9. The summed E-state index contributed by atoms with van der Waals surface area (Å²) in [6.45, 7) is 1.91. The van der Waals surface area contributed by atoms with Crippen LogP contribution in [0.5, 0.6) is 17.2 Å². The highest BCUT2D eigenvalue weighted by atomic mass is 19.1. The number of amidine groups is 1. The summed E-state index contributed by atoms with van der Waals surface area (Å²) < 4.78 is 24.7. The van der Waals surface area contributed by atoms with Crippen LogP contribution in [0.25, 0.3) is 0 Å². The molecule has 0 aliphatic rings. The molecule has 0 aliphatic heterocycles. The molecule has 0 fully saturated rings. The van der Waals surface area contributed by atoms with Crippen molar-refractivity contribution in [2.24, 2.45) is 10.9 Å². The molecule has 0 aromatic heterocycles. The Morgan fingerprint density at radius 2 is 1.95 bits per heavy atom. The topological polar surface area (TPSA) is 77.1 Å². The molecule has 0 bridgehead atoms. The average Bonchev–Trinajstić information content (AvgIpc) is 2.48. The lowest BCUT2D eigenvalue weighted by atomic mass is 10.1. The zero-order chi connectivity index (χ0) is 15.4. The quantitative estimate of drug-likeness (QED) is 0.393. The summed E-state index contributed by atoms with van der Waals surface area (Å²) in [5.74, 6) is 0.0286. The maximum Gasteiger partial charge on any atom is 0.176 e. The summed E-state index contributed by atoms with van der Waals surface area (Å²) in [5, 5.41) is 11.6. The lowest BCUT2D eigenvalue weighted by Gasteiger charge is -2.14. The number of benzene rings is 2. The SMILES string of the molecule is COc1cc(C)ccc1Oc1cccc(F)c1C(N)=NO. The Kier molecular flexibility index (Phi) is 4.27. The predicted molar refractivity (Wildman–Crippen MR) is 76.7 cm³/mol. The second kappa shape index (κ2) is 6.13. The number of oxime groups is 1. The molecule has 2 rings (SSSR count). The Hall–Kier alpha value is -2.76. The first-order valence-corrected chi connectivity index (χ1v) is 6.15. The largest absolute Gasteiger partial charge is 0.493 e. The van der Waals surface area contributed by atoms with E-state index in [1.165, 1.54) is 25.3 Å². The molecule has 0 saturated carbocycles. The first kappa shape index (κ1) is 14.6. The van der Waals surface area contributed by atoms with Crippen LogP contribution in [0.2, 0.25) is 0 Å². The third-order valence-corrected chi connectivity index (χ3v) is 2.88. The van der Waals surface area contributed by atoms with Gasteiger partial charge in [0.15, 0.2) is 17.3 Å². The summed E-state index contributed by atoms with van der Waals surface area (Å²) in [5.41, 5.74) is 6.38. The number of aryl methyl sites for hydroxylation is 1. The number of ether oxygens (including phenoxy) is 2. The molecule has 3 N–H and O–H groups in total. The van der Waals surface area contributed by atoms with E-state index in [0.717, 1.165) is 5.56 Å². The number of halogens is 1. The van der Waals surface area contributed by atoms with Gasteiger partial charge in [-0.05, 0) is 36.8 Å². The minimum Gasteiger partial charge on any atom is -0.493 e. The summed E-state index contributed by atoms with van der Waals surface area (Å²) in [4.78, 5) is 0. The molecule has 0 unspecified atom stereocenters. The van der Waals surface area contributed by atoms with Gasteiger partial charge in [0.2, 0.25) is 0 Å². The van der Waals surface area contributed by atoms with Gasteiger partial charge in [0.25, 0.3) is 0 Å². The van der Waals surface area contributed by atoms with Gasteiger partial charge in [0, 0.05) is 0 Å². The van der Waals surface area contributed by atoms with Gasteiger partial charge >= 0.3 is 0 Å². The number of nitrogens with zero attached hydrogens (tertiary/aromatic N) is 1. The fourth-order valence-corrected chi connectivity index (χ4v) is 1.87. The van der Waals surface area contributed by atoms with Crippen molar-refractivity contribution in [3.8, 4) is 17.2 Å². The van der Waals surface area contributed by atoms with Crippen LogP contribution in [0.4, 0.5) is 4.39 Å². The lowest BCUT2D eigenvalue weighted by molar-refractivity contribution is 0.318. The Bertz CT molecular complexity index is 687. The van der Waals surface area contributed by atoms with E-state index in [1.54, 1.807) is 12.1 Å². The predicted octanol–water partition coefficient (Wildman–Crippen LogP) is 3.03. The number of methoxy groups -OCH3 is 1. The summed E-state index contributed by atoms with van der Waals surface area (Å²) in [7, 11) is 1.51. The number of nitrogens with two attached hydrogens (primary N) is 1. The molecule has 0 amide bonds. The van der Waals surface area contributed by atoms with Gasteiger partial charge in [0.05, 0.1) is 12.7 Å². The first-order valence-electron chi connectivity index (χ1n) is 6.15. The minimum atomic E-state index is -0.645. The van der Waals surface area contributed by atoms with Crippen molar-refractivity contribution in [2.75, 3.05) is 7.11 Å². The summed E-state index contributed by atoms with van der Waals surface area (Å²) >= 11 is 0. The maximum atomic E-state index is 13.9. The van der Waals surface area contributed by atoms with Crippen LogP contribution in [0, 0.1) is 12.7 Å². The lowest BCUT2D eigenvalue weighted by Crippen LogP contribution is -2.16. The van der Waals surface area contributed by atoms with Gasteiger partial charge in [-0.1, -0.05) is 17.3 Å². The third-order valence-electron chi connectivity index (χ3n) is 2.88. The molecule has 0 radical (unpaired) electrons. The van der Waals surface area contributed by atoms with Gasteiger partial charge in [-0.25, -0.2) is 4.39 Å². The first-order chi connectivity index (χ1) is 10.1. The van der Waals surface area contributed by atoms with E-state index in [2.05, 4.69) is 5.16 Å². The third kappa shape index (κ3) is 3.05. The standard InChI is InChI=1S/C15H15FN2O3/c1-9-6-7-11(13(8-9)20-2)21-12-5-3-4-10(16)14(12)15(17)18-19/h3-8,19H,1-2H3,(H2,17,18). The van der Waals surface area contributed by atoms with Crippen LogP contribution in [0.15, 0.2) is 41.6 Å². The second-order valence-corrected chi connectivity index (χ2v) is 4.35. The molecule has 0 aliphatic carbocycles. The molecule has 6 heteroatoms. The van der Waals surface area contributed by atoms with Crippen LogP contribution in [0.3, 0.4) is 0 Å². The van der Waals surface area contributed by atoms with Crippen molar-refractivity contribution in [3.05, 3.63) is 53.3 Å².